The number of aromatic hydroxyl groups is 1. The number of benzene rings is 6. The number of hydrogen-bond donors (Lipinski definition) is 1. The third kappa shape index (κ3) is 9.00. The molecule has 8 rings (SSSR count). The van der Waals surface area contributed by atoms with E-state index in [0.717, 1.165) is 78.0 Å². The minimum Gasteiger partial charge on any atom is -0.507 e. The van der Waals surface area contributed by atoms with Crippen molar-refractivity contribution in [2.75, 3.05) is 0 Å². The highest BCUT2D eigenvalue weighted by Crippen LogP contribution is 2.46. The molecule has 1 N–H and O–H groups in total. The van der Waals surface area contributed by atoms with Crippen molar-refractivity contribution >= 4 is 11.0 Å². The van der Waals surface area contributed by atoms with Crippen LogP contribution < -0.4 is 0 Å². The fourth-order valence-electron chi connectivity index (χ4n) is 9.15. The number of pyridine rings is 1. The Morgan fingerprint density at radius 1 is 0.530 bits per heavy atom. The molecule has 2 aromatic heterocycles. The van der Waals surface area contributed by atoms with Crippen LogP contribution in [-0.2, 0) is 21.7 Å². The normalized spacial score (nSPS) is 13.0. The van der Waals surface area contributed by atoms with E-state index in [1.807, 2.05) is 20.0 Å². The van der Waals surface area contributed by atoms with Crippen molar-refractivity contribution in [1.82, 2.24) is 14.5 Å². The molecule has 6 aromatic carbocycles. The van der Waals surface area contributed by atoms with Gasteiger partial charge >= 0.3 is 0 Å². The van der Waals surface area contributed by atoms with Gasteiger partial charge in [0.1, 0.15) is 11.6 Å². The van der Waals surface area contributed by atoms with Crippen molar-refractivity contribution in [2.45, 2.75) is 131 Å². The van der Waals surface area contributed by atoms with Gasteiger partial charge in [0.15, 0.2) is 0 Å². The number of nitrogens with zero attached hydrogens (tertiary/aromatic N) is 3. The predicted molar refractivity (Wildman–Crippen MR) is 281 cm³/mol. The summed E-state index contributed by atoms with van der Waals surface area (Å²) in [7, 11) is 0. The zero-order valence-electron chi connectivity index (χ0n) is 43.0. The van der Waals surface area contributed by atoms with Crippen LogP contribution in [0.3, 0.4) is 0 Å². The lowest BCUT2D eigenvalue weighted by Gasteiger charge is -2.28. The Morgan fingerprint density at radius 3 is 1.82 bits per heavy atom. The maximum atomic E-state index is 12.6. The molecule has 0 unspecified atom stereocenters. The molecule has 0 bridgehead atoms. The van der Waals surface area contributed by atoms with Crippen molar-refractivity contribution in [3.63, 3.8) is 0 Å². The van der Waals surface area contributed by atoms with Crippen LogP contribution >= 0.6 is 0 Å². The fourth-order valence-corrected chi connectivity index (χ4v) is 9.15. The molecule has 2 heterocycles. The van der Waals surface area contributed by atoms with Crippen LogP contribution in [0.4, 0.5) is 0 Å². The molecule has 0 aliphatic rings. The molecule has 0 radical (unpaired) electrons. The first-order valence-corrected chi connectivity index (χ1v) is 23.5. The van der Waals surface area contributed by atoms with Gasteiger partial charge in [-0.3, -0.25) is 9.55 Å². The van der Waals surface area contributed by atoms with Gasteiger partial charge in [-0.2, -0.15) is 0 Å². The number of aromatic nitrogens is 3. The second-order valence-electron chi connectivity index (χ2n) is 22.7. The van der Waals surface area contributed by atoms with Crippen LogP contribution in [0.25, 0.3) is 72.7 Å². The Morgan fingerprint density at radius 2 is 1.17 bits per heavy atom. The second kappa shape index (κ2) is 16.9. The van der Waals surface area contributed by atoms with E-state index in [4.69, 9.17) is 9.97 Å². The van der Waals surface area contributed by atoms with Gasteiger partial charge in [-0.1, -0.05) is 181 Å². The van der Waals surface area contributed by atoms with E-state index in [0.29, 0.717) is 11.4 Å². The quantitative estimate of drug-likeness (QED) is 0.174. The van der Waals surface area contributed by atoms with Crippen LogP contribution in [-0.4, -0.2) is 19.6 Å². The summed E-state index contributed by atoms with van der Waals surface area (Å²) >= 11 is 0. The van der Waals surface area contributed by atoms with E-state index >= 15 is 0 Å². The molecular formula is C62H69N3O. The first-order valence-electron chi connectivity index (χ1n) is 24.0. The molecule has 0 saturated carbocycles. The van der Waals surface area contributed by atoms with E-state index in [1.54, 1.807) is 0 Å². The lowest BCUT2D eigenvalue weighted by Crippen LogP contribution is -2.17. The van der Waals surface area contributed by atoms with Crippen molar-refractivity contribution in [1.29, 1.82) is 0 Å². The highest BCUT2D eigenvalue weighted by molar-refractivity contribution is 5.97. The molecule has 0 aliphatic heterocycles. The smallest absolute Gasteiger partial charge is 0.149 e. The minimum absolute atomic E-state index is 0.104. The highest BCUT2D eigenvalue weighted by atomic mass is 16.3. The Balaban J connectivity index is 1.44. The molecular weight excluding hydrogens is 803 g/mol. The molecule has 66 heavy (non-hydrogen) atoms. The predicted octanol–water partition coefficient (Wildman–Crippen LogP) is 17.1. The van der Waals surface area contributed by atoms with Crippen molar-refractivity contribution in [3.8, 4) is 67.5 Å². The summed E-state index contributed by atoms with van der Waals surface area (Å²) < 4.78 is 11.8. The summed E-state index contributed by atoms with van der Waals surface area (Å²) in [5, 5.41) is 12.6. The Hall–Kier alpha value is -6.26. The number of phenolic OH excluding ortho intramolecular Hbond substituents is 1. The third-order valence-electron chi connectivity index (χ3n) is 13.1. The molecule has 0 spiro atoms. The van der Waals surface area contributed by atoms with Gasteiger partial charge in [-0.25, -0.2) is 4.98 Å². The molecule has 4 nitrogen and oxygen atoms in total. The first kappa shape index (κ1) is 44.9. The summed E-state index contributed by atoms with van der Waals surface area (Å²) in [4.78, 5) is 10.6. The molecule has 0 aliphatic carbocycles. The van der Waals surface area contributed by atoms with Gasteiger partial charge in [0.05, 0.1) is 22.3 Å². The number of fused-ring (bicyclic) bond motifs is 1. The number of aryl methyl sites for hydroxylation is 1. The van der Waals surface area contributed by atoms with E-state index in [-0.39, 0.29) is 27.4 Å². The number of para-hydroxylation sites is 1. The van der Waals surface area contributed by atoms with Crippen molar-refractivity contribution in [2.24, 2.45) is 0 Å². The maximum absolute atomic E-state index is 12.6. The van der Waals surface area contributed by atoms with Crippen molar-refractivity contribution in [3.05, 3.63) is 167 Å². The molecule has 4 heteroatoms. The van der Waals surface area contributed by atoms with Gasteiger partial charge in [-0.05, 0) is 133 Å². The van der Waals surface area contributed by atoms with Gasteiger partial charge in [0.25, 0.3) is 0 Å². The molecule has 8 aromatic rings. The number of rotatable bonds is 7. The Bertz CT molecular complexity index is 3150. The first-order chi connectivity index (χ1) is 31.2. The number of hydrogen-bond acceptors (Lipinski definition) is 3. The Kier molecular flexibility index (Phi) is 11.5. The van der Waals surface area contributed by atoms with E-state index in [9.17, 15) is 6.48 Å². The third-order valence-corrected chi connectivity index (χ3v) is 13.1. The van der Waals surface area contributed by atoms with Crippen LogP contribution in [0.5, 0.6) is 5.75 Å². The summed E-state index contributed by atoms with van der Waals surface area (Å²) in [6.45, 7) is 32.7. The van der Waals surface area contributed by atoms with E-state index < -0.39 is 5.89 Å². The molecule has 338 valence electrons. The SMILES string of the molecule is [2H]C(C)(C)c1cc(-n2c(-c3cc(C(C)(C)C)cc(C(C)(C)C)c3O)nc3c(-c4cc(-c5cc(-c6ccc(C)cc6)ccn5)cc(C(C)(C)C)c4)cccc32)ccc1-c1ccccc1C(C)(C)C. The average Bonchev–Trinajstić information content (AvgIpc) is 3.64. The summed E-state index contributed by atoms with van der Waals surface area (Å²) in [5.74, 6) is -0.0694. The van der Waals surface area contributed by atoms with Crippen LogP contribution in [0.2, 0.25) is 0 Å². The minimum atomic E-state index is -0.944. The maximum Gasteiger partial charge on any atom is 0.149 e. The summed E-state index contributed by atoms with van der Waals surface area (Å²) in [6.07, 6.45) is 1.91. The van der Waals surface area contributed by atoms with Gasteiger partial charge < -0.3 is 5.11 Å². The Labute approximate surface area is 396 Å². The molecule has 0 atom stereocenters. The molecule has 0 amide bonds. The monoisotopic (exact) mass is 873 g/mol. The second-order valence-corrected chi connectivity index (χ2v) is 22.7. The standard InChI is InChI=1S/C62H69N3O/c1-38(2)50-37-46(27-28-48(50)49-19-16-17-21-52(49)61(10,11)12)65-55-22-18-20-47(56(55)64-58(65)51-35-45(60(7,8)9)36-53(57(51)66)62(13,14)15)42-31-43(33-44(32-42)59(4,5)6)54-34-41(29-30-63-54)40-25-23-39(3)24-26-40/h16-38,66H,1-15H3/i38D. The summed E-state index contributed by atoms with van der Waals surface area (Å²) in [6, 6.07) is 45.6. The van der Waals surface area contributed by atoms with E-state index in [2.05, 4.69) is 222 Å². The van der Waals surface area contributed by atoms with Crippen molar-refractivity contribution < 1.29 is 6.48 Å². The van der Waals surface area contributed by atoms with Gasteiger partial charge in [0, 0.05) is 29.9 Å². The molecule has 0 saturated heterocycles. The summed E-state index contributed by atoms with van der Waals surface area (Å²) in [5.41, 5.74) is 17.4. The lowest BCUT2D eigenvalue weighted by molar-refractivity contribution is 0.446. The average molecular weight is 873 g/mol. The van der Waals surface area contributed by atoms with E-state index in [1.165, 1.54) is 16.7 Å². The van der Waals surface area contributed by atoms with Gasteiger partial charge in [-0.15, -0.1) is 0 Å². The van der Waals surface area contributed by atoms with Crippen LogP contribution in [0.15, 0.2) is 134 Å². The lowest BCUT2D eigenvalue weighted by atomic mass is 9.79. The topological polar surface area (TPSA) is 50.9 Å². The largest absolute Gasteiger partial charge is 0.507 e. The number of phenols is 1. The zero-order chi connectivity index (χ0) is 48.6. The van der Waals surface area contributed by atoms with Gasteiger partial charge in [0.2, 0.25) is 0 Å². The van der Waals surface area contributed by atoms with Crippen LogP contribution in [0.1, 0.15) is 138 Å². The fraction of sp³-hybridized carbons (Fsp3) is 0.323. The van der Waals surface area contributed by atoms with Crippen LogP contribution in [0, 0.1) is 6.92 Å². The zero-order valence-corrected chi connectivity index (χ0v) is 42.0. The number of imidazole rings is 1. The molecule has 0 fully saturated rings. The highest BCUT2D eigenvalue weighted by Gasteiger charge is 2.30.